The molecule has 1 unspecified atom stereocenters. The van der Waals surface area contributed by atoms with E-state index in [0.29, 0.717) is 31.1 Å². The van der Waals surface area contributed by atoms with Crippen molar-refractivity contribution < 1.29 is 19.4 Å². The molecule has 146 valence electrons. The normalized spacial score (nSPS) is 11.8. The number of hydrogen-bond acceptors (Lipinski definition) is 5. The number of methoxy groups -OCH3 is 1. The quantitative estimate of drug-likeness (QED) is 0.608. The van der Waals surface area contributed by atoms with Crippen LogP contribution in [0.1, 0.15) is 23.1 Å². The summed E-state index contributed by atoms with van der Waals surface area (Å²) in [4.78, 5) is 11.5. The molecule has 0 saturated carbocycles. The van der Waals surface area contributed by atoms with E-state index in [1.54, 1.807) is 18.9 Å². The number of aliphatic carboxylic acids is 1. The second kappa shape index (κ2) is 10.8. The lowest BCUT2D eigenvalue weighted by Crippen LogP contribution is -2.36. The largest absolute Gasteiger partial charge is 0.493 e. The number of carbonyl (C=O) groups is 1. The first-order valence-corrected chi connectivity index (χ1v) is 10.2. The van der Waals surface area contributed by atoms with Crippen molar-refractivity contribution in [2.75, 3.05) is 19.1 Å². The Kier molecular flexibility index (Phi) is 8.48. The summed E-state index contributed by atoms with van der Waals surface area (Å²) in [6, 6.07) is 13.1. The molecule has 0 radical (unpaired) electrons. The van der Waals surface area contributed by atoms with Gasteiger partial charge in [-0.3, -0.25) is 4.79 Å². The van der Waals surface area contributed by atoms with Crippen LogP contribution in [-0.4, -0.2) is 36.2 Å². The first kappa shape index (κ1) is 21.1. The van der Waals surface area contributed by atoms with Gasteiger partial charge in [-0.15, -0.1) is 0 Å². The molecule has 6 heteroatoms. The van der Waals surface area contributed by atoms with Gasteiger partial charge in [0.2, 0.25) is 0 Å². The summed E-state index contributed by atoms with van der Waals surface area (Å²) in [6.45, 7) is 2.87. The van der Waals surface area contributed by atoms with Crippen LogP contribution in [0.4, 0.5) is 0 Å². The third-order valence-electron chi connectivity index (χ3n) is 4.36. The fourth-order valence-electron chi connectivity index (χ4n) is 2.73. The lowest BCUT2D eigenvalue weighted by molar-refractivity contribution is -0.139. The number of rotatable bonds is 11. The molecule has 5 nitrogen and oxygen atoms in total. The van der Waals surface area contributed by atoms with Crippen molar-refractivity contribution in [1.29, 1.82) is 0 Å². The van der Waals surface area contributed by atoms with Crippen LogP contribution in [0.25, 0.3) is 0 Å². The second-order valence-corrected chi connectivity index (χ2v) is 7.20. The summed E-state index contributed by atoms with van der Waals surface area (Å²) in [5.41, 5.74) is 3.14. The Labute approximate surface area is 165 Å². The van der Waals surface area contributed by atoms with Crippen LogP contribution in [0.3, 0.4) is 0 Å². The molecule has 2 aromatic carbocycles. The van der Waals surface area contributed by atoms with Gasteiger partial charge in [0.05, 0.1) is 7.11 Å². The average Bonchev–Trinajstić information content (AvgIpc) is 2.67. The maximum Gasteiger partial charge on any atom is 0.320 e. The Morgan fingerprint density at radius 2 is 1.93 bits per heavy atom. The molecule has 0 aliphatic heterocycles. The zero-order valence-electron chi connectivity index (χ0n) is 16.0. The Morgan fingerprint density at radius 3 is 2.59 bits per heavy atom. The predicted octanol–water partition coefficient (Wildman–Crippen LogP) is 3.88. The number of para-hydroxylation sites is 1. The third kappa shape index (κ3) is 6.19. The summed E-state index contributed by atoms with van der Waals surface area (Å²) < 4.78 is 11.5. The summed E-state index contributed by atoms with van der Waals surface area (Å²) >= 11 is 1.64. The van der Waals surface area contributed by atoms with E-state index in [2.05, 4.69) is 5.32 Å². The van der Waals surface area contributed by atoms with Crippen LogP contribution >= 0.6 is 11.8 Å². The van der Waals surface area contributed by atoms with Crippen molar-refractivity contribution in [2.24, 2.45) is 0 Å². The highest BCUT2D eigenvalue weighted by Crippen LogP contribution is 2.32. The lowest BCUT2D eigenvalue weighted by atomic mass is 10.1. The minimum absolute atomic E-state index is 0.394. The number of aryl methyl sites for hydroxylation is 1. The molecular formula is C21H27NO4S. The highest BCUT2D eigenvalue weighted by molar-refractivity contribution is 7.98. The van der Waals surface area contributed by atoms with Crippen LogP contribution in [0.2, 0.25) is 0 Å². The average molecular weight is 390 g/mol. The topological polar surface area (TPSA) is 67.8 Å². The van der Waals surface area contributed by atoms with E-state index < -0.39 is 12.0 Å². The molecule has 0 aliphatic rings. The first-order chi connectivity index (χ1) is 13.1. The zero-order chi connectivity index (χ0) is 19.6. The van der Waals surface area contributed by atoms with Crippen molar-refractivity contribution in [3.8, 4) is 11.5 Å². The molecular weight excluding hydrogens is 362 g/mol. The fraction of sp³-hybridized carbons (Fsp3) is 0.381. The second-order valence-electron chi connectivity index (χ2n) is 6.22. The Balaban J connectivity index is 2.14. The van der Waals surface area contributed by atoms with Gasteiger partial charge < -0.3 is 19.9 Å². The van der Waals surface area contributed by atoms with E-state index in [1.807, 2.05) is 55.6 Å². The van der Waals surface area contributed by atoms with Gasteiger partial charge in [0.1, 0.15) is 12.6 Å². The molecule has 0 amide bonds. The minimum Gasteiger partial charge on any atom is -0.493 e. The summed E-state index contributed by atoms with van der Waals surface area (Å²) in [5.74, 6) is 1.23. The van der Waals surface area contributed by atoms with Gasteiger partial charge in [0.15, 0.2) is 11.5 Å². The summed E-state index contributed by atoms with van der Waals surface area (Å²) in [6.07, 6.45) is 2.54. The van der Waals surface area contributed by atoms with Crippen LogP contribution in [-0.2, 0) is 17.9 Å². The fourth-order valence-corrected chi connectivity index (χ4v) is 3.20. The monoisotopic (exact) mass is 389 g/mol. The van der Waals surface area contributed by atoms with Crippen LogP contribution in [0.15, 0.2) is 42.5 Å². The number of hydrogen-bond donors (Lipinski definition) is 2. The highest BCUT2D eigenvalue weighted by Gasteiger charge is 2.18. The molecule has 2 rings (SSSR count). The minimum atomic E-state index is -0.839. The van der Waals surface area contributed by atoms with Crippen LogP contribution in [0, 0.1) is 6.92 Å². The Bertz CT molecular complexity index is 751. The summed E-state index contributed by atoms with van der Waals surface area (Å²) in [7, 11) is 1.60. The van der Waals surface area contributed by atoms with Gasteiger partial charge in [0, 0.05) is 12.1 Å². The Morgan fingerprint density at radius 1 is 1.19 bits per heavy atom. The van der Waals surface area contributed by atoms with Crippen molar-refractivity contribution in [1.82, 2.24) is 5.32 Å². The molecule has 1 atom stereocenters. The SMILES string of the molecule is COc1cccc(CNC(CCSC)C(=O)O)c1OCc1ccccc1C. The van der Waals surface area contributed by atoms with Crippen molar-refractivity contribution in [3.63, 3.8) is 0 Å². The number of benzene rings is 2. The van der Waals surface area contributed by atoms with Gasteiger partial charge in [-0.2, -0.15) is 11.8 Å². The van der Waals surface area contributed by atoms with Crippen molar-refractivity contribution in [3.05, 3.63) is 59.2 Å². The Hall–Kier alpha value is -2.18. The van der Waals surface area contributed by atoms with Gasteiger partial charge in [0.25, 0.3) is 0 Å². The molecule has 0 aliphatic carbocycles. The number of carboxylic acid groups (broad SMARTS) is 1. The van der Waals surface area contributed by atoms with E-state index in [1.165, 1.54) is 0 Å². The van der Waals surface area contributed by atoms with Gasteiger partial charge in [-0.05, 0) is 42.5 Å². The predicted molar refractivity (Wildman–Crippen MR) is 110 cm³/mol. The zero-order valence-corrected chi connectivity index (χ0v) is 16.8. The summed E-state index contributed by atoms with van der Waals surface area (Å²) in [5, 5.41) is 12.5. The number of nitrogens with one attached hydrogen (secondary N) is 1. The van der Waals surface area contributed by atoms with Crippen LogP contribution in [0.5, 0.6) is 11.5 Å². The smallest absolute Gasteiger partial charge is 0.320 e. The van der Waals surface area contributed by atoms with E-state index in [9.17, 15) is 9.90 Å². The standard InChI is InChI=1S/C21H27NO4S/c1-15-7-4-5-8-17(15)14-26-20-16(9-6-10-19(20)25-2)13-22-18(21(23)24)11-12-27-3/h4-10,18,22H,11-14H2,1-3H3,(H,23,24). The van der Waals surface area contributed by atoms with Gasteiger partial charge in [-0.25, -0.2) is 0 Å². The molecule has 27 heavy (non-hydrogen) atoms. The van der Waals surface area contributed by atoms with E-state index in [-0.39, 0.29) is 0 Å². The van der Waals surface area contributed by atoms with E-state index in [0.717, 1.165) is 22.4 Å². The third-order valence-corrected chi connectivity index (χ3v) is 5.01. The van der Waals surface area contributed by atoms with Gasteiger partial charge >= 0.3 is 5.97 Å². The van der Waals surface area contributed by atoms with Crippen LogP contribution < -0.4 is 14.8 Å². The number of ether oxygens (including phenoxy) is 2. The number of thioether (sulfide) groups is 1. The maximum absolute atomic E-state index is 11.5. The maximum atomic E-state index is 11.5. The van der Waals surface area contributed by atoms with E-state index >= 15 is 0 Å². The first-order valence-electron chi connectivity index (χ1n) is 8.85. The molecule has 2 N–H and O–H groups in total. The van der Waals surface area contributed by atoms with Crippen molar-refractivity contribution >= 4 is 17.7 Å². The molecule has 0 heterocycles. The molecule has 2 aromatic rings. The molecule has 0 bridgehead atoms. The van der Waals surface area contributed by atoms with Crippen molar-refractivity contribution in [2.45, 2.75) is 32.5 Å². The highest BCUT2D eigenvalue weighted by atomic mass is 32.2. The van der Waals surface area contributed by atoms with E-state index in [4.69, 9.17) is 9.47 Å². The molecule has 0 spiro atoms. The molecule has 0 saturated heterocycles. The molecule has 0 aromatic heterocycles. The number of carboxylic acids is 1. The lowest BCUT2D eigenvalue weighted by Gasteiger charge is -2.18. The van der Waals surface area contributed by atoms with Gasteiger partial charge in [-0.1, -0.05) is 36.4 Å². The molecule has 0 fully saturated rings.